The fourth-order valence-electron chi connectivity index (χ4n) is 1.98. The van der Waals surface area contributed by atoms with Crippen molar-refractivity contribution in [1.29, 1.82) is 0 Å². The van der Waals surface area contributed by atoms with E-state index >= 15 is 0 Å². The summed E-state index contributed by atoms with van der Waals surface area (Å²) in [5, 5.41) is 2.88. The number of thioether (sulfide) groups is 1. The Hall–Kier alpha value is -2.07. The van der Waals surface area contributed by atoms with E-state index in [0.29, 0.717) is 16.8 Å². The van der Waals surface area contributed by atoms with Gasteiger partial charge in [0, 0.05) is 16.1 Å². The van der Waals surface area contributed by atoms with Crippen molar-refractivity contribution in [3.63, 3.8) is 0 Å². The van der Waals surface area contributed by atoms with Gasteiger partial charge in [-0.2, -0.15) is 0 Å². The number of carbonyl (C=O) groups excluding carboxylic acids is 2. The van der Waals surface area contributed by atoms with E-state index in [2.05, 4.69) is 12.2 Å². The third-order valence-corrected chi connectivity index (χ3v) is 4.42. The van der Waals surface area contributed by atoms with Crippen LogP contribution in [-0.2, 0) is 0 Å². The van der Waals surface area contributed by atoms with Crippen LogP contribution >= 0.6 is 11.8 Å². The van der Waals surface area contributed by atoms with E-state index in [9.17, 15) is 9.59 Å². The van der Waals surface area contributed by atoms with Gasteiger partial charge in [0.2, 0.25) is 0 Å². The summed E-state index contributed by atoms with van der Waals surface area (Å²) < 4.78 is 0. The minimum Gasteiger partial charge on any atom is -0.322 e. The fraction of sp³-hybridized carbons (Fsp3) is 0.222. The number of anilines is 1. The molecule has 0 aliphatic carbocycles. The van der Waals surface area contributed by atoms with Gasteiger partial charge < -0.3 is 5.32 Å². The first-order chi connectivity index (χ1) is 10.6. The maximum Gasteiger partial charge on any atom is 0.256 e. The normalized spacial score (nSPS) is 10.3. The molecule has 22 heavy (non-hydrogen) atoms. The van der Waals surface area contributed by atoms with Crippen LogP contribution in [0.1, 0.15) is 41.0 Å². The number of nitrogens with one attached hydrogen (secondary N) is 1. The predicted octanol–water partition coefficient (Wildman–Crippen LogP) is 4.64. The molecule has 0 aliphatic rings. The highest BCUT2D eigenvalue weighted by atomic mass is 32.2. The van der Waals surface area contributed by atoms with Gasteiger partial charge >= 0.3 is 0 Å². The van der Waals surface area contributed by atoms with Gasteiger partial charge in [-0.1, -0.05) is 19.1 Å². The van der Waals surface area contributed by atoms with Gasteiger partial charge in [0.1, 0.15) is 0 Å². The van der Waals surface area contributed by atoms with Crippen molar-refractivity contribution in [1.82, 2.24) is 0 Å². The summed E-state index contributed by atoms with van der Waals surface area (Å²) in [7, 11) is 0. The maximum absolute atomic E-state index is 12.4. The van der Waals surface area contributed by atoms with E-state index in [-0.39, 0.29) is 11.7 Å². The molecular weight excluding hydrogens is 294 g/mol. The number of amides is 1. The van der Waals surface area contributed by atoms with Gasteiger partial charge in [-0.05, 0) is 55.5 Å². The molecule has 0 bridgehead atoms. The number of carbonyl (C=O) groups is 2. The quantitative estimate of drug-likeness (QED) is 0.624. The van der Waals surface area contributed by atoms with Gasteiger partial charge in [0.25, 0.3) is 5.91 Å². The molecule has 0 atom stereocenters. The van der Waals surface area contributed by atoms with Crippen LogP contribution < -0.4 is 5.32 Å². The lowest BCUT2D eigenvalue weighted by molar-refractivity contribution is 0.101. The summed E-state index contributed by atoms with van der Waals surface area (Å²) in [6.07, 6.45) is 1.06. The molecule has 2 aromatic rings. The van der Waals surface area contributed by atoms with E-state index in [1.807, 2.05) is 24.3 Å². The largest absolute Gasteiger partial charge is 0.322 e. The Morgan fingerprint density at radius 2 is 1.73 bits per heavy atom. The van der Waals surface area contributed by atoms with Crippen molar-refractivity contribution in [3.05, 3.63) is 59.7 Å². The van der Waals surface area contributed by atoms with Crippen molar-refractivity contribution in [2.45, 2.75) is 25.2 Å². The number of benzene rings is 2. The highest BCUT2D eigenvalue weighted by Gasteiger charge is 2.11. The molecule has 2 aromatic carbocycles. The minimum absolute atomic E-state index is 0.0131. The van der Waals surface area contributed by atoms with E-state index in [1.165, 1.54) is 6.92 Å². The van der Waals surface area contributed by atoms with Crippen LogP contribution in [0.25, 0.3) is 0 Å². The molecule has 0 spiro atoms. The second-order valence-corrected chi connectivity index (χ2v) is 6.07. The first-order valence-electron chi connectivity index (χ1n) is 7.26. The maximum atomic E-state index is 12.4. The summed E-state index contributed by atoms with van der Waals surface area (Å²) in [5.74, 6) is 0.867. The number of rotatable bonds is 6. The average Bonchev–Trinajstić information content (AvgIpc) is 2.53. The first-order valence-corrected chi connectivity index (χ1v) is 8.24. The van der Waals surface area contributed by atoms with Crippen molar-refractivity contribution in [3.8, 4) is 0 Å². The van der Waals surface area contributed by atoms with Crippen LogP contribution in [0.3, 0.4) is 0 Å². The van der Waals surface area contributed by atoms with Crippen molar-refractivity contribution in [2.75, 3.05) is 11.1 Å². The van der Waals surface area contributed by atoms with Crippen LogP contribution in [0.15, 0.2) is 53.4 Å². The smallest absolute Gasteiger partial charge is 0.256 e. The van der Waals surface area contributed by atoms with Crippen LogP contribution in [-0.4, -0.2) is 17.4 Å². The average molecular weight is 313 g/mol. The number of hydrogen-bond donors (Lipinski definition) is 1. The zero-order valence-corrected chi connectivity index (χ0v) is 13.6. The standard InChI is InChI=1S/C18H19NO2S/c1-3-12-22-17-7-5-4-6-16(17)18(21)19-15-10-8-14(9-11-15)13(2)20/h4-11H,3,12H2,1-2H3,(H,19,21). The van der Waals surface area contributed by atoms with Crippen LogP contribution in [0.5, 0.6) is 0 Å². The predicted molar refractivity (Wildman–Crippen MR) is 91.9 cm³/mol. The molecule has 2 rings (SSSR count). The second kappa shape index (κ2) is 7.80. The van der Waals surface area contributed by atoms with E-state index in [0.717, 1.165) is 17.1 Å². The Kier molecular flexibility index (Phi) is 5.78. The van der Waals surface area contributed by atoms with Gasteiger partial charge in [0.05, 0.1) is 5.56 Å². The lowest BCUT2D eigenvalue weighted by atomic mass is 10.1. The van der Waals surface area contributed by atoms with Crippen LogP contribution in [0, 0.1) is 0 Å². The van der Waals surface area contributed by atoms with Crippen LogP contribution in [0.2, 0.25) is 0 Å². The van der Waals surface area contributed by atoms with E-state index in [4.69, 9.17) is 0 Å². The molecular formula is C18H19NO2S. The first kappa shape index (κ1) is 16.3. The zero-order chi connectivity index (χ0) is 15.9. The highest BCUT2D eigenvalue weighted by molar-refractivity contribution is 7.99. The van der Waals surface area contributed by atoms with Crippen LogP contribution in [0.4, 0.5) is 5.69 Å². The Morgan fingerprint density at radius 1 is 1.05 bits per heavy atom. The minimum atomic E-state index is -0.130. The summed E-state index contributed by atoms with van der Waals surface area (Å²) in [5.41, 5.74) is 2.00. The Balaban J connectivity index is 2.13. The molecule has 0 saturated carbocycles. The summed E-state index contributed by atoms with van der Waals surface area (Å²) in [6.45, 7) is 3.64. The summed E-state index contributed by atoms with van der Waals surface area (Å²) >= 11 is 1.69. The zero-order valence-electron chi connectivity index (χ0n) is 12.8. The SMILES string of the molecule is CCCSc1ccccc1C(=O)Nc1ccc(C(C)=O)cc1. The summed E-state index contributed by atoms with van der Waals surface area (Å²) in [4.78, 5) is 24.7. The molecule has 1 amide bonds. The molecule has 0 unspecified atom stereocenters. The number of Topliss-reactive ketones (excluding diaryl/α,β-unsaturated/α-hetero) is 1. The van der Waals surface area contributed by atoms with Gasteiger partial charge in [-0.25, -0.2) is 0 Å². The molecule has 0 heterocycles. The second-order valence-electron chi connectivity index (χ2n) is 4.93. The monoisotopic (exact) mass is 313 g/mol. The van der Waals surface area contributed by atoms with Crippen molar-refractivity contribution >= 4 is 29.1 Å². The van der Waals surface area contributed by atoms with Crippen molar-refractivity contribution in [2.24, 2.45) is 0 Å². The lowest BCUT2D eigenvalue weighted by Crippen LogP contribution is -2.13. The van der Waals surface area contributed by atoms with E-state index in [1.54, 1.807) is 36.0 Å². The molecule has 0 aliphatic heterocycles. The molecule has 4 heteroatoms. The molecule has 0 saturated heterocycles. The third kappa shape index (κ3) is 4.21. The molecule has 0 aromatic heterocycles. The fourth-order valence-corrected chi connectivity index (χ4v) is 2.89. The number of ketones is 1. The molecule has 0 radical (unpaired) electrons. The third-order valence-electron chi connectivity index (χ3n) is 3.14. The lowest BCUT2D eigenvalue weighted by Gasteiger charge is -2.10. The topological polar surface area (TPSA) is 46.2 Å². The van der Waals surface area contributed by atoms with Gasteiger partial charge in [-0.15, -0.1) is 11.8 Å². The van der Waals surface area contributed by atoms with Gasteiger partial charge in [-0.3, -0.25) is 9.59 Å². The molecule has 114 valence electrons. The summed E-state index contributed by atoms with van der Waals surface area (Å²) in [6, 6.07) is 14.5. The van der Waals surface area contributed by atoms with E-state index < -0.39 is 0 Å². The van der Waals surface area contributed by atoms with Gasteiger partial charge in [0.15, 0.2) is 5.78 Å². The highest BCUT2D eigenvalue weighted by Crippen LogP contribution is 2.24. The Morgan fingerprint density at radius 3 is 2.36 bits per heavy atom. The Labute approximate surface area is 135 Å². The molecule has 3 nitrogen and oxygen atoms in total. The number of hydrogen-bond acceptors (Lipinski definition) is 3. The Bertz CT molecular complexity index is 665. The van der Waals surface area contributed by atoms with Crippen molar-refractivity contribution < 1.29 is 9.59 Å². The molecule has 1 N–H and O–H groups in total. The molecule has 0 fully saturated rings.